The van der Waals surface area contributed by atoms with Gasteiger partial charge in [-0.15, -0.1) is 0 Å². The smallest absolute Gasteiger partial charge is 0.263 e. The van der Waals surface area contributed by atoms with Crippen LogP contribution >= 0.6 is 22.4 Å². The number of thioether (sulfide) groups is 1. The summed E-state index contributed by atoms with van der Waals surface area (Å²) in [5, 5.41) is 11.1. The highest BCUT2D eigenvalue weighted by molar-refractivity contribution is 8.14. The highest BCUT2D eigenvalue weighted by Gasteiger charge is 2.14. The Morgan fingerprint density at radius 2 is 2.18 bits per heavy atom. The van der Waals surface area contributed by atoms with Gasteiger partial charge >= 0.3 is 0 Å². The van der Waals surface area contributed by atoms with Crippen LogP contribution in [0.25, 0.3) is 0 Å². The van der Waals surface area contributed by atoms with Crippen molar-refractivity contribution >= 4 is 42.4 Å². The van der Waals surface area contributed by atoms with Gasteiger partial charge in [0, 0.05) is 10.7 Å². The van der Waals surface area contributed by atoms with Crippen molar-refractivity contribution in [2.24, 2.45) is 4.99 Å². The molecule has 0 amide bonds. The number of benzene rings is 1. The molecule has 17 heavy (non-hydrogen) atoms. The lowest BCUT2D eigenvalue weighted by molar-refractivity contribution is 0.610. The van der Waals surface area contributed by atoms with E-state index in [4.69, 9.17) is 15.9 Å². The molecule has 1 N–H and O–H groups in total. The molecule has 90 valence electrons. The van der Waals surface area contributed by atoms with Crippen LogP contribution < -0.4 is 5.32 Å². The van der Waals surface area contributed by atoms with Gasteiger partial charge < -0.3 is 0 Å². The molecule has 0 aliphatic carbocycles. The average Bonchev–Trinajstić information content (AvgIpc) is 2.27. The third-order valence-electron chi connectivity index (χ3n) is 1.71. The quantitative estimate of drug-likeness (QED) is 0.296. The first-order valence-corrected chi connectivity index (χ1v) is 7.84. The van der Waals surface area contributed by atoms with E-state index in [1.807, 2.05) is 0 Å². The molecule has 0 aliphatic rings. The van der Waals surface area contributed by atoms with Crippen molar-refractivity contribution in [2.75, 3.05) is 6.26 Å². The van der Waals surface area contributed by atoms with E-state index in [0.29, 0.717) is 5.17 Å². The minimum Gasteiger partial charge on any atom is -0.271 e. The van der Waals surface area contributed by atoms with Gasteiger partial charge in [-0.05, 0) is 18.4 Å². The van der Waals surface area contributed by atoms with Crippen LogP contribution in [-0.4, -0.2) is 19.8 Å². The lowest BCUT2D eigenvalue weighted by atomic mass is 10.3. The summed E-state index contributed by atoms with van der Waals surface area (Å²) in [6.45, 7) is 0. The number of nitriles is 1. The molecule has 0 atom stereocenters. The summed E-state index contributed by atoms with van der Waals surface area (Å²) in [6, 6.07) is 6.04. The summed E-state index contributed by atoms with van der Waals surface area (Å²) < 4.78 is 22.6. The minimum absolute atomic E-state index is 0.0899. The van der Waals surface area contributed by atoms with Crippen molar-refractivity contribution in [1.29, 1.82) is 5.26 Å². The Kier molecular flexibility index (Phi) is 4.81. The lowest BCUT2D eigenvalue weighted by Crippen LogP contribution is -2.12. The van der Waals surface area contributed by atoms with Crippen molar-refractivity contribution in [1.82, 2.24) is 5.32 Å². The molecule has 0 saturated carbocycles. The lowest BCUT2D eigenvalue weighted by Gasteiger charge is -2.03. The third kappa shape index (κ3) is 3.93. The van der Waals surface area contributed by atoms with Crippen LogP contribution in [0.5, 0.6) is 0 Å². The summed E-state index contributed by atoms with van der Waals surface area (Å²) in [7, 11) is 1.42. The molecule has 0 spiro atoms. The van der Waals surface area contributed by atoms with Gasteiger partial charge in [0.05, 0.1) is 5.69 Å². The highest BCUT2D eigenvalue weighted by atomic mass is 35.7. The fraction of sp³-hybridized carbons (Fsp3) is 0.111. The minimum atomic E-state index is -3.86. The Hall–Kier alpha value is -1.23. The topological polar surface area (TPSA) is 82.3 Å². The van der Waals surface area contributed by atoms with Gasteiger partial charge in [0.15, 0.2) is 11.4 Å². The monoisotopic (exact) mass is 289 g/mol. The Bertz CT molecular complexity index is 578. The zero-order valence-corrected chi connectivity index (χ0v) is 11.1. The van der Waals surface area contributed by atoms with Gasteiger partial charge in [-0.2, -0.15) is 5.26 Å². The van der Waals surface area contributed by atoms with Crippen molar-refractivity contribution in [3.8, 4) is 6.19 Å². The molecule has 5 nitrogen and oxygen atoms in total. The molecular formula is C9H8ClN3O2S2. The number of aliphatic imine (C=N–C) groups is 1. The van der Waals surface area contributed by atoms with Crippen LogP contribution in [0.4, 0.5) is 5.69 Å². The molecular weight excluding hydrogens is 282 g/mol. The van der Waals surface area contributed by atoms with Crippen molar-refractivity contribution in [3.63, 3.8) is 0 Å². The summed E-state index contributed by atoms with van der Waals surface area (Å²) in [4.78, 5) is 3.93. The second kappa shape index (κ2) is 5.91. The number of amidine groups is 1. The largest absolute Gasteiger partial charge is 0.271 e. The van der Waals surface area contributed by atoms with E-state index in [2.05, 4.69) is 10.3 Å². The van der Waals surface area contributed by atoms with Crippen LogP contribution in [0.3, 0.4) is 0 Å². The normalized spacial score (nSPS) is 11.9. The molecule has 0 saturated heterocycles. The van der Waals surface area contributed by atoms with E-state index >= 15 is 0 Å². The maximum Gasteiger partial charge on any atom is 0.263 e. The van der Waals surface area contributed by atoms with Gasteiger partial charge in [-0.1, -0.05) is 23.9 Å². The molecule has 0 bridgehead atoms. The van der Waals surface area contributed by atoms with Gasteiger partial charge in [0.1, 0.15) is 4.90 Å². The third-order valence-corrected chi connectivity index (χ3v) is 3.66. The number of halogens is 1. The Labute approximate surface area is 108 Å². The number of nitrogens with one attached hydrogen (secondary N) is 1. The first-order chi connectivity index (χ1) is 7.99. The van der Waals surface area contributed by atoms with Gasteiger partial charge in [-0.25, -0.2) is 13.4 Å². The number of hydrogen-bond donors (Lipinski definition) is 1. The van der Waals surface area contributed by atoms with Crippen molar-refractivity contribution in [2.45, 2.75) is 4.90 Å². The molecule has 0 aliphatic heterocycles. The van der Waals surface area contributed by atoms with Gasteiger partial charge in [0.25, 0.3) is 9.05 Å². The second-order valence-corrected chi connectivity index (χ2v) is 6.09. The molecule has 0 radical (unpaired) electrons. The molecule has 1 rings (SSSR count). The Morgan fingerprint density at radius 1 is 1.53 bits per heavy atom. The summed E-state index contributed by atoms with van der Waals surface area (Å²) >= 11 is 1.19. The van der Waals surface area contributed by atoms with E-state index in [0.717, 1.165) is 0 Å². The fourth-order valence-corrected chi connectivity index (χ4v) is 2.37. The predicted octanol–water partition coefficient (Wildman–Crippen LogP) is 2.04. The van der Waals surface area contributed by atoms with E-state index < -0.39 is 9.05 Å². The fourth-order valence-electron chi connectivity index (χ4n) is 1.04. The molecule has 0 aromatic heterocycles. The second-order valence-electron chi connectivity index (χ2n) is 2.76. The van der Waals surface area contributed by atoms with E-state index in [9.17, 15) is 8.42 Å². The number of nitrogens with zero attached hydrogens (tertiary/aromatic N) is 2. The summed E-state index contributed by atoms with van der Waals surface area (Å²) in [5.74, 6) is 0. The summed E-state index contributed by atoms with van der Waals surface area (Å²) in [6.07, 6.45) is 3.42. The van der Waals surface area contributed by atoms with Crippen LogP contribution in [0.2, 0.25) is 0 Å². The zero-order chi connectivity index (χ0) is 12.9. The van der Waals surface area contributed by atoms with Crippen LogP contribution in [0.15, 0.2) is 34.2 Å². The molecule has 8 heteroatoms. The van der Waals surface area contributed by atoms with E-state index in [1.165, 1.54) is 23.9 Å². The van der Waals surface area contributed by atoms with Crippen LogP contribution in [0.1, 0.15) is 0 Å². The van der Waals surface area contributed by atoms with Crippen molar-refractivity contribution in [3.05, 3.63) is 24.3 Å². The maximum absolute atomic E-state index is 11.3. The Morgan fingerprint density at radius 3 is 2.71 bits per heavy atom. The molecule has 0 unspecified atom stereocenters. The standard InChI is InChI=1S/C9H8ClN3O2S2/c1-16-9(12-6-11)13-7-4-2-3-5-8(7)17(10,14)15/h2-5H,1H3,(H,12,13). The first-order valence-electron chi connectivity index (χ1n) is 4.30. The van der Waals surface area contributed by atoms with Crippen LogP contribution in [0, 0.1) is 11.5 Å². The van der Waals surface area contributed by atoms with E-state index in [-0.39, 0.29) is 10.6 Å². The predicted molar refractivity (Wildman–Crippen MR) is 68.8 cm³/mol. The number of para-hydroxylation sites is 1. The van der Waals surface area contributed by atoms with Crippen LogP contribution in [-0.2, 0) is 9.05 Å². The Balaban J connectivity index is 3.29. The summed E-state index contributed by atoms with van der Waals surface area (Å²) in [5.41, 5.74) is 0.189. The zero-order valence-electron chi connectivity index (χ0n) is 8.71. The highest BCUT2D eigenvalue weighted by Crippen LogP contribution is 2.27. The first kappa shape index (κ1) is 13.8. The molecule has 0 heterocycles. The number of rotatable bonds is 2. The SMILES string of the molecule is CSC(=Nc1ccccc1S(=O)(=O)Cl)NC#N. The van der Waals surface area contributed by atoms with Gasteiger partial charge in [-0.3, -0.25) is 5.32 Å². The van der Waals surface area contributed by atoms with Crippen molar-refractivity contribution < 1.29 is 8.42 Å². The van der Waals surface area contributed by atoms with E-state index in [1.54, 1.807) is 24.6 Å². The van der Waals surface area contributed by atoms with Gasteiger partial charge in [0.2, 0.25) is 0 Å². The molecule has 1 aromatic carbocycles. The molecule has 1 aromatic rings. The maximum atomic E-state index is 11.3. The average molecular weight is 290 g/mol. The number of hydrogen-bond acceptors (Lipinski definition) is 5. The molecule has 0 fully saturated rings.